The van der Waals surface area contributed by atoms with Crippen LogP contribution in [0.25, 0.3) is 22.3 Å². The number of amides is 2. The Morgan fingerprint density at radius 2 is 1.71 bits per heavy atom. The second-order valence-corrected chi connectivity index (χ2v) is 10.9. The Morgan fingerprint density at radius 3 is 2.37 bits per heavy atom. The minimum Gasteiger partial charge on any atom is -0.448 e. The van der Waals surface area contributed by atoms with Crippen LogP contribution in [0.15, 0.2) is 66.9 Å². The van der Waals surface area contributed by atoms with Gasteiger partial charge in [0.2, 0.25) is 5.91 Å². The summed E-state index contributed by atoms with van der Waals surface area (Å²) < 4.78 is 5.09. The lowest BCUT2D eigenvalue weighted by molar-refractivity contribution is -0.117. The Morgan fingerprint density at radius 1 is 1.00 bits per heavy atom. The Balaban J connectivity index is 1.15. The first-order valence-electron chi connectivity index (χ1n) is 13.7. The zero-order valence-corrected chi connectivity index (χ0v) is 21.6. The standard InChI is InChI=1S/C31H34N4O3/c32-31(14-15-31)24-10-8-23(9-11-24)27-20-33-28(19-26(27)22-4-2-1-3-5-22)34-29(36)18-21-6-12-25(13-7-21)35-16-17-38-30(35)37/h1-5,8-11,19-21,25H,6-7,12-18,32H2,(H,33,34,36). The molecule has 7 heteroatoms. The number of carbonyl (C=O) groups excluding carboxylic acids is 2. The van der Waals surface area contributed by atoms with E-state index in [9.17, 15) is 9.59 Å². The molecule has 196 valence electrons. The summed E-state index contributed by atoms with van der Waals surface area (Å²) in [4.78, 5) is 31.3. The van der Waals surface area contributed by atoms with Gasteiger partial charge in [0.15, 0.2) is 0 Å². The van der Waals surface area contributed by atoms with Crippen molar-refractivity contribution in [2.45, 2.75) is 56.5 Å². The van der Waals surface area contributed by atoms with Crippen LogP contribution in [0.5, 0.6) is 0 Å². The molecule has 1 aliphatic heterocycles. The molecule has 0 spiro atoms. The van der Waals surface area contributed by atoms with Gasteiger partial charge in [-0.3, -0.25) is 4.79 Å². The van der Waals surface area contributed by atoms with Gasteiger partial charge in [-0.05, 0) is 72.8 Å². The highest BCUT2D eigenvalue weighted by atomic mass is 16.6. The topological polar surface area (TPSA) is 97.5 Å². The third-order valence-electron chi connectivity index (χ3n) is 8.34. The third kappa shape index (κ3) is 5.16. The lowest BCUT2D eigenvalue weighted by atomic mass is 9.83. The van der Waals surface area contributed by atoms with E-state index >= 15 is 0 Å². The maximum Gasteiger partial charge on any atom is 0.410 e. The monoisotopic (exact) mass is 510 g/mol. The van der Waals surface area contributed by atoms with E-state index in [1.54, 1.807) is 0 Å². The number of hydrogen-bond acceptors (Lipinski definition) is 5. The van der Waals surface area contributed by atoms with E-state index in [1.165, 1.54) is 5.56 Å². The van der Waals surface area contributed by atoms with Gasteiger partial charge < -0.3 is 20.7 Å². The van der Waals surface area contributed by atoms with Crippen LogP contribution in [0.4, 0.5) is 10.6 Å². The van der Waals surface area contributed by atoms with E-state index in [0.717, 1.165) is 60.8 Å². The fraction of sp³-hybridized carbons (Fsp3) is 0.387. The number of benzene rings is 2. The quantitative estimate of drug-likeness (QED) is 0.425. The number of nitrogens with one attached hydrogen (secondary N) is 1. The summed E-state index contributed by atoms with van der Waals surface area (Å²) in [6, 6.07) is 20.9. The Kier molecular flexibility index (Phi) is 6.62. The number of anilines is 1. The molecule has 0 atom stereocenters. The predicted octanol–water partition coefficient (Wildman–Crippen LogP) is 5.70. The maximum atomic E-state index is 13.0. The molecular formula is C31H34N4O3. The second-order valence-electron chi connectivity index (χ2n) is 10.9. The van der Waals surface area contributed by atoms with Crippen LogP contribution in [-0.4, -0.2) is 41.1 Å². The van der Waals surface area contributed by atoms with E-state index in [4.69, 9.17) is 10.5 Å². The molecule has 1 saturated heterocycles. The summed E-state index contributed by atoms with van der Waals surface area (Å²) in [5, 5.41) is 3.04. The molecule has 7 nitrogen and oxygen atoms in total. The Bertz CT molecular complexity index is 1310. The SMILES string of the molecule is NC1(c2ccc(-c3cnc(NC(=O)CC4CCC(N5CCOC5=O)CC4)cc3-c3ccccc3)cc2)CC1. The van der Waals surface area contributed by atoms with Gasteiger partial charge in [0.25, 0.3) is 0 Å². The molecular weight excluding hydrogens is 476 g/mol. The van der Waals surface area contributed by atoms with Crippen molar-refractivity contribution in [2.75, 3.05) is 18.5 Å². The fourth-order valence-corrected chi connectivity index (χ4v) is 5.87. The number of hydrogen-bond donors (Lipinski definition) is 2. The van der Waals surface area contributed by atoms with Gasteiger partial charge in [-0.25, -0.2) is 9.78 Å². The minimum absolute atomic E-state index is 0.0182. The lowest BCUT2D eigenvalue weighted by Gasteiger charge is -2.32. The summed E-state index contributed by atoms with van der Waals surface area (Å²) in [5.41, 5.74) is 11.6. The van der Waals surface area contributed by atoms with Gasteiger partial charge in [-0.1, -0.05) is 54.6 Å². The number of rotatable bonds is 7. The molecule has 3 N–H and O–H groups in total. The predicted molar refractivity (Wildman–Crippen MR) is 147 cm³/mol. The van der Waals surface area contributed by atoms with E-state index in [1.807, 2.05) is 35.4 Å². The fourth-order valence-electron chi connectivity index (χ4n) is 5.87. The first-order valence-corrected chi connectivity index (χ1v) is 13.7. The molecule has 2 aromatic carbocycles. The molecule has 2 saturated carbocycles. The van der Waals surface area contributed by atoms with Crippen molar-refractivity contribution in [3.8, 4) is 22.3 Å². The normalized spacial score (nSPS) is 22.1. The molecule has 3 aliphatic rings. The molecule has 3 fully saturated rings. The zero-order chi connectivity index (χ0) is 26.1. The van der Waals surface area contributed by atoms with Crippen molar-refractivity contribution in [2.24, 2.45) is 11.7 Å². The van der Waals surface area contributed by atoms with Crippen LogP contribution in [-0.2, 0) is 15.1 Å². The maximum absolute atomic E-state index is 13.0. The largest absolute Gasteiger partial charge is 0.448 e. The van der Waals surface area contributed by atoms with Gasteiger partial charge >= 0.3 is 6.09 Å². The molecule has 0 radical (unpaired) electrons. The van der Waals surface area contributed by atoms with Crippen molar-refractivity contribution in [3.05, 3.63) is 72.4 Å². The third-order valence-corrected chi connectivity index (χ3v) is 8.34. The van der Waals surface area contributed by atoms with Crippen molar-refractivity contribution in [1.82, 2.24) is 9.88 Å². The number of aromatic nitrogens is 1. The van der Waals surface area contributed by atoms with E-state index in [0.29, 0.717) is 31.3 Å². The van der Waals surface area contributed by atoms with Crippen LogP contribution in [0.1, 0.15) is 50.5 Å². The first-order chi connectivity index (χ1) is 18.5. The summed E-state index contributed by atoms with van der Waals surface area (Å²) in [6.07, 6.45) is 7.89. The molecule has 1 aromatic heterocycles. The van der Waals surface area contributed by atoms with Crippen molar-refractivity contribution >= 4 is 17.8 Å². The Labute approximate surface area is 223 Å². The highest BCUT2D eigenvalue weighted by Gasteiger charge is 2.39. The smallest absolute Gasteiger partial charge is 0.410 e. The average molecular weight is 511 g/mol. The average Bonchev–Trinajstić information content (AvgIpc) is 3.56. The van der Waals surface area contributed by atoms with Gasteiger partial charge in [0, 0.05) is 29.8 Å². The number of cyclic esters (lactones) is 1. The Hall–Kier alpha value is -3.71. The minimum atomic E-state index is -0.197. The lowest BCUT2D eigenvalue weighted by Crippen LogP contribution is -2.39. The molecule has 2 heterocycles. The summed E-state index contributed by atoms with van der Waals surface area (Å²) >= 11 is 0. The van der Waals surface area contributed by atoms with E-state index in [-0.39, 0.29) is 23.6 Å². The molecule has 2 aliphatic carbocycles. The van der Waals surface area contributed by atoms with Crippen LogP contribution in [0.3, 0.4) is 0 Å². The zero-order valence-electron chi connectivity index (χ0n) is 21.6. The van der Waals surface area contributed by atoms with Crippen LogP contribution >= 0.6 is 0 Å². The van der Waals surface area contributed by atoms with Crippen molar-refractivity contribution in [3.63, 3.8) is 0 Å². The van der Waals surface area contributed by atoms with Crippen molar-refractivity contribution < 1.29 is 14.3 Å². The summed E-state index contributed by atoms with van der Waals surface area (Å²) in [5.74, 6) is 0.852. The molecule has 2 amide bonds. The molecule has 3 aromatic rings. The molecule has 0 unspecified atom stereocenters. The molecule has 38 heavy (non-hydrogen) atoms. The molecule has 0 bridgehead atoms. The van der Waals surface area contributed by atoms with Crippen LogP contribution in [0.2, 0.25) is 0 Å². The number of nitrogens with zero attached hydrogens (tertiary/aromatic N) is 2. The van der Waals surface area contributed by atoms with Crippen LogP contribution < -0.4 is 11.1 Å². The molecule has 6 rings (SSSR count). The van der Waals surface area contributed by atoms with Gasteiger partial charge in [-0.15, -0.1) is 0 Å². The number of ether oxygens (including phenoxy) is 1. The van der Waals surface area contributed by atoms with Gasteiger partial charge in [0.05, 0.1) is 6.54 Å². The number of nitrogens with two attached hydrogens (primary N) is 1. The summed E-state index contributed by atoms with van der Waals surface area (Å²) in [7, 11) is 0. The second kappa shape index (κ2) is 10.2. The number of carbonyl (C=O) groups is 2. The van der Waals surface area contributed by atoms with E-state index < -0.39 is 0 Å². The van der Waals surface area contributed by atoms with Crippen LogP contribution in [0, 0.1) is 5.92 Å². The summed E-state index contributed by atoms with van der Waals surface area (Å²) in [6.45, 7) is 1.16. The van der Waals surface area contributed by atoms with Gasteiger partial charge in [-0.2, -0.15) is 0 Å². The van der Waals surface area contributed by atoms with Gasteiger partial charge in [0.1, 0.15) is 12.4 Å². The van der Waals surface area contributed by atoms with E-state index in [2.05, 4.69) is 46.7 Å². The first kappa shape index (κ1) is 24.6. The highest BCUT2D eigenvalue weighted by molar-refractivity contribution is 5.92. The number of pyridine rings is 1. The highest BCUT2D eigenvalue weighted by Crippen LogP contribution is 2.43. The van der Waals surface area contributed by atoms with Crippen molar-refractivity contribution in [1.29, 1.82) is 0 Å².